The van der Waals surface area contributed by atoms with E-state index in [1.165, 1.54) is 36.4 Å². The second-order valence-electron chi connectivity index (χ2n) is 7.46. The Morgan fingerprint density at radius 1 is 0.882 bits per heavy atom. The highest BCUT2D eigenvalue weighted by atomic mass is 35.5. The van der Waals surface area contributed by atoms with E-state index in [9.17, 15) is 23.6 Å². The van der Waals surface area contributed by atoms with E-state index in [0.717, 1.165) is 17.1 Å². The van der Waals surface area contributed by atoms with Crippen LogP contribution in [0.15, 0.2) is 72.8 Å². The van der Waals surface area contributed by atoms with Crippen molar-refractivity contribution in [2.45, 2.75) is 12.5 Å². The molecule has 0 bridgehead atoms. The van der Waals surface area contributed by atoms with Crippen molar-refractivity contribution in [1.82, 2.24) is 10.0 Å². The molecule has 3 amide bonds. The minimum absolute atomic E-state index is 0.00722. The van der Waals surface area contributed by atoms with Gasteiger partial charge < -0.3 is 0 Å². The van der Waals surface area contributed by atoms with Gasteiger partial charge in [0.25, 0.3) is 17.7 Å². The Morgan fingerprint density at radius 3 is 2.00 bits per heavy atom. The molecule has 0 saturated carbocycles. The molecule has 6 nitrogen and oxygen atoms in total. The summed E-state index contributed by atoms with van der Waals surface area (Å²) in [5.74, 6) is -3.56. The fraction of sp³-hybridized carbons (Fsp3) is 0.120. The third-order valence-electron chi connectivity index (χ3n) is 5.41. The van der Waals surface area contributed by atoms with Crippen LogP contribution in [0.1, 0.15) is 47.9 Å². The quantitative estimate of drug-likeness (QED) is 0.260. The van der Waals surface area contributed by atoms with Gasteiger partial charge in [0.1, 0.15) is 11.9 Å². The molecule has 0 unspecified atom stereocenters. The SMILES string of the molecule is O=C(c1ccc(F)cc1)[C@@H](CCCl)N(C(=O)c1ccccc1Cl)N1C(=O)c2ccccc2C1=O. The summed E-state index contributed by atoms with van der Waals surface area (Å²) in [5, 5.41) is 1.56. The Balaban J connectivity index is 1.86. The largest absolute Gasteiger partial charge is 0.292 e. The first-order chi connectivity index (χ1) is 16.3. The van der Waals surface area contributed by atoms with Gasteiger partial charge in [0.2, 0.25) is 0 Å². The number of hydrogen-bond acceptors (Lipinski definition) is 4. The molecule has 3 aromatic rings. The number of Topliss-reactive ketones (excluding diaryl/α,β-unsaturated/α-hetero) is 1. The molecule has 172 valence electrons. The van der Waals surface area contributed by atoms with Gasteiger partial charge in [-0.25, -0.2) is 9.40 Å². The van der Waals surface area contributed by atoms with E-state index in [0.29, 0.717) is 5.01 Å². The summed E-state index contributed by atoms with van der Waals surface area (Å²) in [4.78, 5) is 53.8. The standard InChI is InChI=1S/C25H17Cl2FN2O4/c26-14-13-21(22(31)15-9-11-16(28)12-10-15)29(25(34)19-7-3-4-8-20(19)27)30-23(32)17-5-1-2-6-18(17)24(30)33/h1-12,21H,13-14H2/t21-/m1/s1. The number of benzene rings is 3. The first-order valence-electron chi connectivity index (χ1n) is 10.3. The minimum Gasteiger partial charge on any atom is -0.292 e. The van der Waals surface area contributed by atoms with Gasteiger partial charge in [-0.2, -0.15) is 5.01 Å². The number of alkyl halides is 1. The number of carbonyl (C=O) groups excluding carboxylic acids is 4. The molecule has 4 rings (SSSR count). The number of hydrazine groups is 1. The molecule has 34 heavy (non-hydrogen) atoms. The summed E-state index contributed by atoms with van der Waals surface area (Å²) < 4.78 is 13.4. The molecule has 3 aromatic carbocycles. The molecule has 0 spiro atoms. The van der Waals surface area contributed by atoms with Gasteiger partial charge in [0.05, 0.1) is 21.7 Å². The zero-order valence-corrected chi connectivity index (χ0v) is 19.1. The lowest BCUT2D eigenvalue weighted by atomic mass is 10.0. The van der Waals surface area contributed by atoms with Crippen molar-refractivity contribution in [3.05, 3.63) is 106 Å². The molecule has 0 N–H and O–H groups in total. The van der Waals surface area contributed by atoms with Crippen LogP contribution in [0.4, 0.5) is 4.39 Å². The van der Waals surface area contributed by atoms with Crippen LogP contribution >= 0.6 is 23.2 Å². The third kappa shape index (κ3) is 4.20. The first kappa shape index (κ1) is 23.6. The van der Waals surface area contributed by atoms with Gasteiger partial charge in [0.15, 0.2) is 5.78 Å². The monoisotopic (exact) mass is 498 g/mol. The lowest BCUT2D eigenvalue weighted by Crippen LogP contribution is -2.57. The molecule has 1 atom stereocenters. The fourth-order valence-corrected chi connectivity index (χ4v) is 4.20. The summed E-state index contributed by atoms with van der Waals surface area (Å²) in [6, 6.07) is 15.6. The van der Waals surface area contributed by atoms with Crippen LogP contribution < -0.4 is 0 Å². The highest BCUT2D eigenvalue weighted by Gasteiger charge is 2.46. The van der Waals surface area contributed by atoms with Gasteiger partial charge in [-0.15, -0.1) is 11.6 Å². The molecule has 1 aliphatic rings. The Morgan fingerprint density at radius 2 is 1.44 bits per heavy atom. The van der Waals surface area contributed by atoms with Crippen molar-refractivity contribution in [1.29, 1.82) is 0 Å². The molecule has 0 radical (unpaired) electrons. The van der Waals surface area contributed by atoms with E-state index in [1.54, 1.807) is 24.3 Å². The van der Waals surface area contributed by atoms with Crippen molar-refractivity contribution < 1.29 is 23.6 Å². The molecule has 1 aliphatic heterocycles. The van der Waals surface area contributed by atoms with Gasteiger partial charge in [-0.05, 0) is 55.0 Å². The van der Waals surface area contributed by atoms with Crippen molar-refractivity contribution >= 4 is 46.7 Å². The normalized spacial score (nSPS) is 13.6. The highest BCUT2D eigenvalue weighted by Crippen LogP contribution is 2.30. The minimum atomic E-state index is -1.34. The van der Waals surface area contributed by atoms with E-state index in [4.69, 9.17) is 23.2 Å². The van der Waals surface area contributed by atoms with Gasteiger partial charge in [-0.3, -0.25) is 19.2 Å². The molecule has 0 aliphatic carbocycles. The highest BCUT2D eigenvalue weighted by molar-refractivity contribution is 6.34. The smallest absolute Gasteiger partial charge is 0.280 e. The van der Waals surface area contributed by atoms with Gasteiger partial charge in [0, 0.05) is 11.4 Å². The molecular weight excluding hydrogens is 482 g/mol. The van der Waals surface area contributed by atoms with E-state index in [-0.39, 0.29) is 39.6 Å². The van der Waals surface area contributed by atoms with E-state index in [2.05, 4.69) is 0 Å². The van der Waals surface area contributed by atoms with Crippen LogP contribution in [-0.4, -0.2) is 45.4 Å². The van der Waals surface area contributed by atoms with Gasteiger partial charge in [-0.1, -0.05) is 35.9 Å². The van der Waals surface area contributed by atoms with Gasteiger partial charge >= 0.3 is 0 Å². The number of fused-ring (bicyclic) bond motifs is 1. The summed E-state index contributed by atoms with van der Waals surface area (Å²) in [5.41, 5.74) is 0.281. The number of hydrogen-bond donors (Lipinski definition) is 0. The van der Waals surface area contributed by atoms with Crippen molar-refractivity contribution in [3.63, 3.8) is 0 Å². The maximum absolute atomic E-state index is 13.7. The molecule has 9 heteroatoms. The number of ketones is 1. The predicted molar refractivity (Wildman–Crippen MR) is 124 cm³/mol. The van der Waals surface area contributed by atoms with E-state index in [1.807, 2.05) is 0 Å². The first-order valence-corrected chi connectivity index (χ1v) is 11.2. The number of halogens is 3. The molecule has 1 heterocycles. The predicted octanol–water partition coefficient (Wildman–Crippen LogP) is 5.01. The Kier molecular flexibility index (Phi) is 6.77. The van der Waals surface area contributed by atoms with Crippen LogP contribution in [0.2, 0.25) is 5.02 Å². The van der Waals surface area contributed by atoms with Crippen LogP contribution in [0, 0.1) is 5.82 Å². The van der Waals surface area contributed by atoms with Crippen LogP contribution in [0.25, 0.3) is 0 Å². The average molecular weight is 499 g/mol. The topological polar surface area (TPSA) is 74.8 Å². The Labute approximate surface area is 204 Å². The van der Waals surface area contributed by atoms with Crippen LogP contribution in [0.5, 0.6) is 0 Å². The number of rotatable bonds is 7. The lowest BCUT2D eigenvalue weighted by molar-refractivity contribution is -0.00960. The molecule has 0 fully saturated rings. The zero-order chi connectivity index (χ0) is 24.4. The number of nitrogens with zero attached hydrogens (tertiary/aromatic N) is 2. The molecule has 0 aromatic heterocycles. The fourth-order valence-electron chi connectivity index (χ4n) is 3.78. The summed E-state index contributed by atoms with van der Waals surface area (Å²) >= 11 is 12.2. The Hall–Kier alpha value is -3.55. The van der Waals surface area contributed by atoms with Crippen LogP contribution in [0.3, 0.4) is 0 Å². The summed E-state index contributed by atoms with van der Waals surface area (Å²) in [6.45, 7) is 0. The number of carbonyl (C=O) groups is 4. The maximum Gasteiger partial charge on any atom is 0.280 e. The van der Waals surface area contributed by atoms with E-state index < -0.39 is 35.4 Å². The van der Waals surface area contributed by atoms with Crippen LogP contribution in [-0.2, 0) is 0 Å². The molecular formula is C25H17Cl2FN2O4. The summed E-state index contributed by atoms with van der Waals surface area (Å²) in [6.07, 6.45) is -0.0820. The second kappa shape index (κ2) is 9.75. The zero-order valence-electron chi connectivity index (χ0n) is 17.6. The second-order valence-corrected chi connectivity index (χ2v) is 8.25. The number of amides is 3. The van der Waals surface area contributed by atoms with Crippen molar-refractivity contribution in [3.8, 4) is 0 Å². The molecule has 0 saturated heterocycles. The number of imide groups is 1. The average Bonchev–Trinajstić information content (AvgIpc) is 3.09. The third-order valence-corrected chi connectivity index (χ3v) is 5.96. The summed E-state index contributed by atoms with van der Waals surface area (Å²) in [7, 11) is 0. The van der Waals surface area contributed by atoms with Crippen molar-refractivity contribution in [2.24, 2.45) is 0 Å². The lowest BCUT2D eigenvalue weighted by Gasteiger charge is -2.36. The van der Waals surface area contributed by atoms with Crippen molar-refractivity contribution in [2.75, 3.05) is 5.88 Å². The maximum atomic E-state index is 13.7. The van der Waals surface area contributed by atoms with E-state index >= 15 is 0 Å². The Bertz CT molecular complexity index is 1260.